The lowest BCUT2D eigenvalue weighted by atomic mass is 9.44. The summed E-state index contributed by atoms with van der Waals surface area (Å²) in [5.74, 6) is 3.93. The van der Waals surface area contributed by atoms with E-state index >= 15 is 0 Å². The molecule has 0 aromatic carbocycles. The Labute approximate surface area is 175 Å². The Balaban J connectivity index is 0.00000109. The fourth-order valence-electron chi connectivity index (χ4n) is 8.56. The van der Waals surface area contributed by atoms with Gasteiger partial charge in [0.1, 0.15) is 6.17 Å². The summed E-state index contributed by atoms with van der Waals surface area (Å²) in [5, 5.41) is 0. The Morgan fingerprint density at radius 2 is 1.57 bits per heavy atom. The van der Waals surface area contributed by atoms with Crippen LogP contribution in [0.5, 0.6) is 0 Å². The molecule has 1 heteroatoms. The van der Waals surface area contributed by atoms with Gasteiger partial charge in [0, 0.05) is 0 Å². The van der Waals surface area contributed by atoms with Crippen LogP contribution in [0.25, 0.3) is 0 Å². The molecule has 4 aliphatic rings. The van der Waals surface area contributed by atoms with Crippen molar-refractivity contribution in [2.24, 2.45) is 40.4 Å². The second-order valence-electron chi connectivity index (χ2n) is 11.1. The molecule has 8 atom stereocenters. The highest BCUT2D eigenvalue weighted by Crippen LogP contribution is 2.68. The third-order valence-electron chi connectivity index (χ3n) is 9.93. The summed E-state index contributed by atoms with van der Waals surface area (Å²) >= 11 is 0. The van der Waals surface area contributed by atoms with Crippen molar-refractivity contribution >= 4 is 0 Å². The fraction of sp³-hybridized carbons (Fsp3) is 0.926. The topological polar surface area (TPSA) is 0 Å². The number of allylic oxidation sites excluding steroid dienone is 1. The Morgan fingerprint density at radius 3 is 2.29 bits per heavy atom. The number of rotatable bonds is 4. The normalized spacial score (nSPS) is 47.2. The Bertz CT molecular complexity index is 538. The van der Waals surface area contributed by atoms with Gasteiger partial charge < -0.3 is 0 Å². The zero-order valence-corrected chi connectivity index (χ0v) is 19.5. The molecule has 0 nitrogen and oxygen atoms in total. The highest BCUT2D eigenvalue weighted by atomic mass is 19.1. The van der Waals surface area contributed by atoms with E-state index in [1.54, 1.807) is 0 Å². The van der Waals surface area contributed by atoms with Gasteiger partial charge in [-0.3, -0.25) is 0 Å². The summed E-state index contributed by atoms with van der Waals surface area (Å²) < 4.78 is 14.7. The van der Waals surface area contributed by atoms with Gasteiger partial charge in [0.25, 0.3) is 0 Å². The molecule has 162 valence electrons. The van der Waals surface area contributed by atoms with Crippen molar-refractivity contribution in [2.75, 3.05) is 0 Å². The van der Waals surface area contributed by atoms with Crippen LogP contribution in [0, 0.1) is 40.4 Å². The van der Waals surface area contributed by atoms with E-state index in [2.05, 4.69) is 27.4 Å². The molecule has 0 aromatic rings. The van der Waals surface area contributed by atoms with Crippen LogP contribution in [0.2, 0.25) is 0 Å². The number of hydrogen-bond donors (Lipinski definition) is 0. The van der Waals surface area contributed by atoms with E-state index in [0.717, 1.165) is 36.5 Å². The molecule has 0 bridgehead atoms. The number of halogens is 1. The van der Waals surface area contributed by atoms with Crippen LogP contribution >= 0.6 is 0 Å². The second kappa shape index (κ2) is 8.81. The Kier molecular flexibility index (Phi) is 7.03. The standard InChI is InChI=1S/C25H41F.C2H6/c1-17(2)7-5-8-18-10-12-20-19-11-13-22-23(26)9-6-15-25(22,4)21(19)14-16-24(18,20)3;1-2/h18-23H,1,5-16H2,2-4H3;1-2H3. The van der Waals surface area contributed by atoms with Crippen molar-refractivity contribution in [3.8, 4) is 0 Å². The van der Waals surface area contributed by atoms with Gasteiger partial charge in [-0.1, -0.05) is 33.3 Å². The van der Waals surface area contributed by atoms with Gasteiger partial charge in [-0.2, -0.15) is 0 Å². The molecule has 0 spiro atoms. The fourth-order valence-corrected chi connectivity index (χ4v) is 8.56. The summed E-state index contributed by atoms with van der Waals surface area (Å²) in [4.78, 5) is 0. The van der Waals surface area contributed by atoms with Gasteiger partial charge in [-0.25, -0.2) is 4.39 Å². The minimum atomic E-state index is -0.513. The van der Waals surface area contributed by atoms with E-state index in [9.17, 15) is 4.39 Å². The van der Waals surface area contributed by atoms with Crippen LogP contribution in [-0.4, -0.2) is 6.17 Å². The minimum absolute atomic E-state index is 0.306. The smallest absolute Gasteiger partial charge is 0.103 e. The molecule has 28 heavy (non-hydrogen) atoms. The number of hydrogen-bond acceptors (Lipinski definition) is 0. The van der Waals surface area contributed by atoms with Crippen LogP contribution in [0.1, 0.15) is 112 Å². The number of alkyl halides is 1. The molecule has 4 fully saturated rings. The van der Waals surface area contributed by atoms with Gasteiger partial charge in [0.15, 0.2) is 0 Å². The van der Waals surface area contributed by atoms with E-state index in [-0.39, 0.29) is 0 Å². The monoisotopic (exact) mass is 390 g/mol. The Hall–Kier alpha value is -0.330. The number of fused-ring (bicyclic) bond motifs is 5. The molecule has 4 rings (SSSR count). The predicted molar refractivity (Wildman–Crippen MR) is 120 cm³/mol. The van der Waals surface area contributed by atoms with Crippen molar-refractivity contribution in [2.45, 2.75) is 118 Å². The first-order valence-electron chi connectivity index (χ1n) is 12.6. The van der Waals surface area contributed by atoms with E-state index in [1.165, 1.54) is 69.8 Å². The third kappa shape index (κ3) is 3.74. The molecular formula is C27H47F. The lowest BCUT2D eigenvalue weighted by Gasteiger charge is -2.61. The maximum Gasteiger partial charge on any atom is 0.103 e. The SMILES string of the molecule is C=C(C)CCCC1CCC2C3CCC4C(F)CCCC4(C)C3CCC12C.CC. The molecule has 0 radical (unpaired) electrons. The van der Waals surface area contributed by atoms with Gasteiger partial charge >= 0.3 is 0 Å². The van der Waals surface area contributed by atoms with Crippen molar-refractivity contribution in [3.05, 3.63) is 12.2 Å². The quantitative estimate of drug-likeness (QED) is 0.421. The van der Waals surface area contributed by atoms with Crippen LogP contribution in [0.3, 0.4) is 0 Å². The van der Waals surface area contributed by atoms with Crippen molar-refractivity contribution in [3.63, 3.8) is 0 Å². The van der Waals surface area contributed by atoms with Crippen LogP contribution < -0.4 is 0 Å². The van der Waals surface area contributed by atoms with Crippen LogP contribution in [0.15, 0.2) is 12.2 Å². The zero-order chi connectivity index (χ0) is 20.5. The van der Waals surface area contributed by atoms with Gasteiger partial charge in [0.05, 0.1) is 0 Å². The van der Waals surface area contributed by atoms with E-state index in [4.69, 9.17) is 0 Å². The first-order chi connectivity index (χ1) is 13.4. The maximum atomic E-state index is 14.7. The summed E-state index contributed by atoms with van der Waals surface area (Å²) in [6, 6.07) is 0. The Morgan fingerprint density at radius 1 is 0.893 bits per heavy atom. The third-order valence-corrected chi connectivity index (χ3v) is 9.93. The molecule has 4 aliphatic carbocycles. The van der Waals surface area contributed by atoms with Crippen molar-refractivity contribution < 1.29 is 4.39 Å². The van der Waals surface area contributed by atoms with Crippen molar-refractivity contribution in [1.29, 1.82) is 0 Å². The largest absolute Gasteiger partial charge is 0.247 e. The van der Waals surface area contributed by atoms with Crippen molar-refractivity contribution in [1.82, 2.24) is 0 Å². The van der Waals surface area contributed by atoms with E-state index in [1.807, 2.05) is 13.8 Å². The van der Waals surface area contributed by atoms with E-state index in [0.29, 0.717) is 16.7 Å². The minimum Gasteiger partial charge on any atom is -0.247 e. The lowest BCUT2D eigenvalue weighted by Crippen LogP contribution is -2.54. The van der Waals surface area contributed by atoms with Gasteiger partial charge in [0.2, 0.25) is 0 Å². The average Bonchev–Trinajstić information content (AvgIpc) is 3.00. The average molecular weight is 391 g/mol. The van der Waals surface area contributed by atoms with Gasteiger partial charge in [-0.05, 0) is 124 Å². The molecule has 0 saturated heterocycles. The summed E-state index contributed by atoms with van der Waals surface area (Å²) in [6.07, 6.45) is 14.9. The molecule has 0 aliphatic heterocycles. The highest BCUT2D eigenvalue weighted by Gasteiger charge is 2.60. The zero-order valence-electron chi connectivity index (χ0n) is 19.5. The van der Waals surface area contributed by atoms with E-state index < -0.39 is 6.17 Å². The molecule has 0 N–H and O–H groups in total. The molecule has 8 unspecified atom stereocenters. The molecule has 4 saturated carbocycles. The van der Waals surface area contributed by atoms with Crippen LogP contribution in [0.4, 0.5) is 4.39 Å². The highest BCUT2D eigenvalue weighted by molar-refractivity contribution is 5.09. The molecular weight excluding hydrogens is 343 g/mol. The molecule has 0 amide bonds. The van der Waals surface area contributed by atoms with Gasteiger partial charge in [-0.15, -0.1) is 6.58 Å². The summed E-state index contributed by atoms with van der Waals surface area (Å²) in [7, 11) is 0. The first-order valence-corrected chi connectivity index (χ1v) is 12.6. The summed E-state index contributed by atoms with van der Waals surface area (Å²) in [5.41, 5.74) is 2.22. The first kappa shape index (κ1) is 22.4. The molecule has 0 aromatic heterocycles. The lowest BCUT2D eigenvalue weighted by molar-refractivity contribution is -0.130. The summed E-state index contributed by atoms with van der Waals surface area (Å²) in [6.45, 7) is 15.4. The molecule has 0 heterocycles. The maximum absolute atomic E-state index is 14.7. The van der Waals surface area contributed by atoms with Crippen LogP contribution in [-0.2, 0) is 0 Å². The second-order valence-corrected chi connectivity index (χ2v) is 11.1. The predicted octanol–water partition coefficient (Wildman–Crippen LogP) is 8.76.